The second kappa shape index (κ2) is 8.49. The molecular formula is C22H20F3N5O3. The van der Waals surface area contributed by atoms with E-state index in [4.69, 9.17) is 9.47 Å². The molecule has 0 radical (unpaired) electrons. The summed E-state index contributed by atoms with van der Waals surface area (Å²) in [5, 5.41) is 1.84. The lowest BCUT2D eigenvalue weighted by Gasteiger charge is -2.16. The maximum absolute atomic E-state index is 12.5. The number of nitrogens with one attached hydrogen (secondary N) is 2. The predicted molar refractivity (Wildman–Crippen MR) is 115 cm³/mol. The molecule has 4 aromatic rings. The van der Waals surface area contributed by atoms with Crippen LogP contribution in [0.25, 0.3) is 28.0 Å². The van der Waals surface area contributed by atoms with E-state index in [1.165, 1.54) is 26.4 Å². The van der Waals surface area contributed by atoms with Crippen molar-refractivity contribution in [2.45, 2.75) is 13.1 Å². The van der Waals surface area contributed by atoms with Crippen LogP contribution in [-0.2, 0) is 0 Å². The molecule has 1 amide bonds. The summed E-state index contributed by atoms with van der Waals surface area (Å²) in [6, 6.07) is 8.79. The lowest BCUT2D eigenvalue weighted by molar-refractivity contribution is -0.123. The van der Waals surface area contributed by atoms with Crippen LogP contribution in [0.1, 0.15) is 16.2 Å². The summed E-state index contributed by atoms with van der Waals surface area (Å²) >= 11 is 0. The molecule has 2 aromatic carbocycles. The molecule has 0 bridgehead atoms. The van der Waals surface area contributed by atoms with Gasteiger partial charge in [0.15, 0.2) is 0 Å². The number of imidazole rings is 2. The largest absolute Gasteiger partial charge is 0.496 e. The van der Waals surface area contributed by atoms with Crippen molar-refractivity contribution in [1.29, 1.82) is 0 Å². The Hall–Kier alpha value is -4.02. The van der Waals surface area contributed by atoms with Gasteiger partial charge in [-0.05, 0) is 19.1 Å². The van der Waals surface area contributed by atoms with E-state index in [0.29, 0.717) is 11.2 Å². The van der Waals surface area contributed by atoms with Crippen molar-refractivity contribution in [1.82, 2.24) is 24.8 Å². The van der Waals surface area contributed by atoms with Gasteiger partial charge in [-0.25, -0.2) is 9.97 Å². The Labute approximate surface area is 186 Å². The molecule has 33 heavy (non-hydrogen) atoms. The number of nitrogens with zero attached hydrogens (tertiary/aromatic N) is 3. The van der Waals surface area contributed by atoms with Gasteiger partial charge in [-0.15, -0.1) is 0 Å². The Morgan fingerprint density at radius 1 is 1.12 bits per heavy atom. The van der Waals surface area contributed by atoms with Gasteiger partial charge in [-0.3, -0.25) is 9.36 Å². The van der Waals surface area contributed by atoms with Crippen molar-refractivity contribution in [3.8, 4) is 28.4 Å². The second-order valence-corrected chi connectivity index (χ2v) is 7.22. The van der Waals surface area contributed by atoms with Crippen LogP contribution < -0.4 is 14.8 Å². The second-order valence-electron chi connectivity index (χ2n) is 7.22. The van der Waals surface area contributed by atoms with Crippen LogP contribution in [0.2, 0.25) is 0 Å². The number of fused-ring (bicyclic) bond motifs is 1. The normalized spacial score (nSPS) is 11.6. The van der Waals surface area contributed by atoms with Crippen LogP contribution in [0, 0.1) is 6.92 Å². The summed E-state index contributed by atoms with van der Waals surface area (Å²) < 4.78 is 50.0. The first kappa shape index (κ1) is 22.2. The zero-order valence-corrected chi connectivity index (χ0v) is 17.9. The number of carbonyl (C=O) groups excluding carboxylic acids is 1. The highest BCUT2D eigenvalue weighted by Gasteiger charge is 2.30. The molecule has 0 saturated carbocycles. The smallest absolute Gasteiger partial charge is 0.405 e. The maximum atomic E-state index is 12.5. The summed E-state index contributed by atoms with van der Waals surface area (Å²) in [5.74, 6) is -0.0254. The number of benzene rings is 2. The molecule has 4 rings (SSSR count). The predicted octanol–water partition coefficient (Wildman–Crippen LogP) is 4.03. The number of alkyl halides is 3. The Morgan fingerprint density at radius 2 is 1.82 bits per heavy atom. The summed E-state index contributed by atoms with van der Waals surface area (Å²) in [4.78, 5) is 24.3. The molecule has 0 saturated heterocycles. The Bertz CT molecular complexity index is 1300. The first-order chi connectivity index (χ1) is 15.7. The summed E-state index contributed by atoms with van der Waals surface area (Å²) in [6.45, 7) is 0.398. The van der Waals surface area contributed by atoms with E-state index in [1.807, 2.05) is 30.4 Å². The van der Waals surface area contributed by atoms with Crippen molar-refractivity contribution in [2.24, 2.45) is 0 Å². The fourth-order valence-electron chi connectivity index (χ4n) is 3.48. The summed E-state index contributed by atoms with van der Waals surface area (Å²) in [6.07, 6.45) is -1.20. The van der Waals surface area contributed by atoms with Gasteiger partial charge in [0, 0.05) is 17.7 Å². The average Bonchev–Trinajstić information content (AvgIpc) is 3.41. The summed E-state index contributed by atoms with van der Waals surface area (Å²) in [5.41, 5.74) is 3.69. The first-order valence-electron chi connectivity index (χ1n) is 9.80. The minimum atomic E-state index is -4.54. The van der Waals surface area contributed by atoms with Crippen LogP contribution in [0.5, 0.6) is 11.5 Å². The zero-order chi connectivity index (χ0) is 23.8. The van der Waals surface area contributed by atoms with E-state index in [2.05, 4.69) is 15.0 Å². The molecule has 11 heteroatoms. The van der Waals surface area contributed by atoms with Crippen LogP contribution in [0.15, 0.2) is 42.9 Å². The van der Waals surface area contributed by atoms with Gasteiger partial charge < -0.3 is 19.8 Å². The standard InChI is InChI=1S/C22H20F3N5O3/c1-12-26-9-16(29-12)13-4-5-17-15(6-13)28-11-30(17)14-7-18(32-2)20(19(8-14)33-3)21(31)27-10-22(23,24)25/h4-9,11H,10H2,1-3H3,(H,26,29)(H,27,31). The van der Waals surface area contributed by atoms with Gasteiger partial charge in [0.05, 0.1) is 42.8 Å². The number of rotatable bonds is 6. The van der Waals surface area contributed by atoms with E-state index >= 15 is 0 Å². The lowest BCUT2D eigenvalue weighted by Crippen LogP contribution is -2.34. The number of hydrogen-bond donors (Lipinski definition) is 2. The molecule has 0 unspecified atom stereocenters. The molecule has 0 fully saturated rings. The van der Waals surface area contributed by atoms with Gasteiger partial charge in [0.25, 0.3) is 5.91 Å². The molecule has 0 aliphatic rings. The van der Waals surface area contributed by atoms with Gasteiger partial charge in [0.1, 0.15) is 35.8 Å². The molecule has 0 atom stereocenters. The van der Waals surface area contributed by atoms with E-state index < -0.39 is 18.6 Å². The van der Waals surface area contributed by atoms with Crippen LogP contribution in [-0.4, -0.2) is 52.4 Å². The SMILES string of the molecule is COc1cc(-n2cnc3cc(-c4cnc(C)[nH]4)ccc32)cc(OC)c1C(=O)NCC(F)(F)F. The third kappa shape index (κ3) is 4.47. The molecular weight excluding hydrogens is 439 g/mol. The van der Waals surface area contributed by atoms with Crippen molar-refractivity contribution in [2.75, 3.05) is 20.8 Å². The monoisotopic (exact) mass is 459 g/mol. The number of ether oxygens (including phenoxy) is 2. The lowest BCUT2D eigenvalue weighted by atomic mass is 10.1. The molecule has 0 aliphatic heterocycles. The number of aryl methyl sites for hydroxylation is 1. The van der Waals surface area contributed by atoms with Crippen molar-refractivity contribution in [3.63, 3.8) is 0 Å². The fraction of sp³-hybridized carbons (Fsp3) is 0.227. The van der Waals surface area contributed by atoms with Gasteiger partial charge in [-0.1, -0.05) is 6.07 Å². The minimum Gasteiger partial charge on any atom is -0.496 e. The van der Waals surface area contributed by atoms with Crippen LogP contribution in [0.3, 0.4) is 0 Å². The van der Waals surface area contributed by atoms with Gasteiger partial charge in [-0.2, -0.15) is 13.2 Å². The van der Waals surface area contributed by atoms with Gasteiger partial charge in [0.2, 0.25) is 0 Å². The van der Waals surface area contributed by atoms with E-state index in [1.54, 1.807) is 17.1 Å². The van der Waals surface area contributed by atoms with Crippen LogP contribution >= 0.6 is 0 Å². The molecule has 0 aliphatic carbocycles. The number of H-pyrrole nitrogens is 1. The number of halogens is 3. The molecule has 0 spiro atoms. The number of hydrogen-bond acceptors (Lipinski definition) is 5. The molecule has 2 heterocycles. The Balaban J connectivity index is 1.74. The summed E-state index contributed by atoms with van der Waals surface area (Å²) in [7, 11) is 2.65. The number of aromatic nitrogens is 4. The van der Waals surface area contributed by atoms with E-state index in [0.717, 1.165) is 22.6 Å². The average molecular weight is 459 g/mol. The number of amides is 1. The Morgan fingerprint density at radius 3 is 2.39 bits per heavy atom. The van der Waals surface area contributed by atoms with E-state index in [9.17, 15) is 18.0 Å². The quantitative estimate of drug-likeness (QED) is 0.454. The zero-order valence-electron chi connectivity index (χ0n) is 17.9. The molecule has 2 N–H and O–H groups in total. The number of methoxy groups -OCH3 is 2. The third-order valence-electron chi connectivity index (χ3n) is 5.01. The van der Waals surface area contributed by atoms with Crippen molar-refractivity contribution < 1.29 is 27.4 Å². The minimum absolute atomic E-state index is 0.0652. The Kier molecular flexibility index (Phi) is 5.71. The molecule has 8 nitrogen and oxygen atoms in total. The molecule has 172 valence electrons. The van der Waals surface area contributed by atoms with Crippen molar-refractivity contribution >= 4 is 16.9 Å². The molecule has 2 aromatic heterocycles. The van der Waals surface area contributed by atoms with Crippen LogP contribution in [0.4, 0.5) is 13.2 Å². The highest BCUT2D eigenvalue weighted by molar-refractivity contribution is 6.00. The van der Waals surface area contributed by atoms with E-state index in [-0.39, 0.29) is 17.1 Å². The fourth-order valence-corrected chi connectivity index (χ4v) is 3.48. The number of aromatic amines is 1. The highest BCUT2D eigenvalue weighted by atomic mass is 19.4. The highest BCUT2D eigenvalue weighted by Crippen LogP contribution is 2.34. The topological polar surface area (TPSA) is 94.1 Å². The third-order valence-corrected chi connectivity index (χ3v) is 5.01. The maximum Gasteiger partial charge on any atom is 0.405 e. The van der Waals surface area contributed by atoms with Crippen molar-refractivity contribution in [3.05, 3.63) is 54.2 Å². The first-order valence-corrected chi connectivity index (χ1v) is 9.80. The number of carbonyl (C=O) groups is 1. The van der Waals surface area contributed by atoms with Gasteiger partial charge >= 0.3 is 6.18 Å².